The zero-order valence-corrected chi connectivity index (χ0v) is 18.7. The van der Waals surface area contributed by atoms with Gasteiger partial charge in [0.15, 0.2) is 0 Å². The van der Waals surface area contributed by atoms with Crippen molar-refractivity contribution in [3.63, 3.8) is 0 Å². The molecule has 4 aromatic rings. The lowest BCUT2D eigenvalue weighted by molar-refractivity contribution is 0.244. The van der Waals surface area contributed by atoms with Gasteiger partial charge in [-0.3, -0.25) is 4.72 Å². The Morgan fingerprint density at radius 2 is 1.84 bits per heavy atom. The molecule has 166 valence electrons. The first-order valence-electron chi connectivity index (χ1n) is 9.71. The molecule has 2 heterocycles. The highest BCUT2D eigenvalue weighted by molar-refractivity contribution is 7.92. The number of sulfonamides is 1. The lowest BCUT2D eigenvalue weighted by Gasteiger charge is -2.10. The van der Waals surface area contributed by atoms with Crippen molar-refractivity contribution in [1.29, 1.82) is 0 Å². The van der Waals surface area contributed by atoms with Gasteiger partial charge in [-0.15, -0.1) is 11.3 Å². The van der Waals surface area contributed by atoms with Gasteiger partial charge >= 0.3 is 0 Å². The van der Waals surface area contributed by atoms with Gasteiger partial charge in [-0.05, 0) is 29.8 Å². The molecule has 2 aromatic carbocycles. The Morgan fingerprint density at radius 3 is 2.62 bits per heavy atom. The molecule has 10 heteroatoms. The summed E-state index contributed by atoms with van der Waals surface area (Å²) in [4.78, 5) is 9.37. The van der Waals surface area contributed by atoms with Crippen LogP contribution in [0.4, 0.5) is 10.1 Å². The molecule has 0 atom stereocenters. The van der Waals surface area contributed by atoms with Crippen LogP contribution in [0.25, 0.3) is 21.3 Å². The monoisotopic (exact) mass is 473 g/mol. The van der Waals surface area contributed by atoms with Crippen molar-refractivity contribution in [3.8, 4) is 22.8 Å². The summed E-state index contributed by atoms with van der Waals surface area (Å²) in [5.41, 5.74) is 2.20. The van der Waals surface area contributed by atoms with Crippen LogP contribution >= 0.6 is 11.3 Å². The highest BCUT2D eigenvalue weighted by atomic mass is 32.2. The van der Waals surface area contributed by atoms with Crippen molar-refractivity contribution in [2.45, 2.75) is 6.42 Å². The zero-order chi connectivity index (χ0) is 22.6. The van der Waals surface area contributed by atoms with Crippen LogP contribution in [0.15, 0.2) is 60.2 Å². The molecule has 0 unspecified atom stereocenters. The average molecular weight is 474 g/mol. The topological polar surface area (TPSA) is 90.4 Å². The van der Waals surface area contributed by atoms with Crippen LogP contribution in [0.2, 0.25) is 0 Å². The highest BCUT2D eigenvalue weighted by Gasteiger charge is 2.14. The van der Waals surface area contributed by atoms with Crippen LogP contribution in [0.3, 0.4) is 0 Å². The Morgan fingerprint density at radius 1 is 1.06 bits per heavy atom. The normalized spacial score (nSPS) is 11.4. The van der Waals surface area contributed by atoms with E-state index < -0.39 is 10.0 Å². The minimum absolute atomic E-state index is 0.293. The predicted octanol–water partition coefficient (Wildman–Crippen LogP) is 4.72. The minimum atomic E-state index is -3.35. The number of nitrogens with one attached hydrogen (secondary N) is 1. The first kappa shape index (κ1) is 22.0. The summed E-state index contributed by atoms with van der Waals surface area (Å²) in [5, 5.41) is 2.75. The predicted molar refractivity (Wildman–Crippen MR) is 123 cm³/mol. The number of fused-ring (bicyclic) bond motifs is 1. The van der Waals surface area contributed by atoms with E-state index in [1.165, 1.54) is 29.8 Å². The van der Waals surface area contributed by atoms with E-state index in [1.54, 1.807) is 36.4 Å². The molecule has 4 rings (SSSR count). The maximum absolute atomic E-state index is 13.3. The third-order valence-corrected chi connectivity index (χ3v) is 5.92. The first-order valence-corrected chi connectivity index (χ1v) is 12.5. The van der Waals surface area contributed by atoms with Gasteiger partial charge in [0.1, 0.15) is 22.7 Å². The fraction of sp³-hybridized carbons (Fsp3) is 0.182. The number of thiophene rings is 1. The van der Waals surface area contributed by atoms with Crippen molar-refractivity contribution >= 4 is 37.3 Å². The van der Waals surface area contributed by atoms with Crippen molar-refractivity contribution in [2.75, 3.05) is 24.2 Å². The van der Waals surface area contributed by atoms with Gasteiger partial charge in [0.25, 0.3) is 0 Å². The second kappa shape index (κ2) is 9.49. The lowest BCUT2D eigenvalue weighted by atomic mass is 10.1. The Labute approximate surface area is 188 Å². The van der Waals surface area contributed by atoms with Crippen molar-refractivity contribution in [2.24, 2.45) is 0 Å². The molecule has 0 aliphatic carbocycles. The van der Waals surface area contributed by atoms with Gasteiger partial charge < -0.3 is 9.47 Å². The SMILES string of the molecule is CS(=O)(=O)Nc1cccc(OCCCOc2ncnc3scc(-c4ccc(F)cc4)c23)c1. The number of nitrogens with zero attached hydrogens (tertiary/aromatic N) is 2. The Balaban J connectivity index is 1.38. The lowest BCUT2D eigenvalue weighted by Crippen LogP contribution is -2.10. The molecule has 0 fully saturated rings. The number of anilines is 1. The molecule has 0 spiro atoms. The molecule has 0 saturated heterocycles. The third-order valence-electron chi connectivity index (χ3n) is 4.42. The van der Waals surface area contributed by atoms with Crippen molar-refractivity contribution in [3.05, 3.63) is 66.1 Å². The summed E-state index contributed by atoms with van der Waals surface area (Å²) in [6.07, 6.45) is 3.14. The van der Waals surface area contributed by atoms with Gasteiger partial charge in [0.05, 0.1) is 30.5 Å². The maximum atomic E-state index is 13.3. The van der Waals surface area contributed by atoms with E-state index in [0.29, 0.717) is 37.0 Å². The third kappa shape index (κ3) is 5.51. The minimum Gasteiger partial charge on any atom is -0.493 e. The highest BCUT2D eigenvalue weighted by Crippen LogP contribution is 2.37. The summed E-state index contributed by atoms with van der Waals surface area (Å²) < 4.78 is 50.0. The molecule has 1 N–H and O–H groups in total. The van der Waals surface area contributed by atoms with Crippen molar-refractivity contribution < 1.29 is 22.3 Å². The average Bonchev–Trinajstić information content (AvgIpc) is 3.18. The van der Waals surface area contributed by atoms with Crippen LogP contribution < -0.4 is 14.2 Å². The van der Waals surface area contributed by atoms with Crippen molar-refractivity contribution in [1.82, 2.24) is 9.97 Å². The van der Waals surface area contributed by atoms with E-state index in [2.05, 4.69) is 14.7 Å². The fourth-order valence-electron chi connectivity index (χ4n) is 3.08. The Hall–Kier alpha value is -3.24. The van der Waals surface area contributed by atoms with Crippen LogP contribution in [0, 0.1) is 5.82 Å². The van der Waals surface area contributed by atoms with Crippen LogP contribution in [-0.4, -0.2) is 37.9 Å². The van der Waals surface area contributed by atoms with E-state index in [4.69, 9.17) is 9.47 Å². The van der Waals surface area contributed by atoms with Gasteiger partial charge in [-0.1, -0.05) is 18.2 Å². The van der Waals surface area contributed by atoms with Gasteiger partial charge in [-0.25, -0.2) is 22.8 Å². The summed E-state index contributed by atoms with van der Waals surface area (Å²) in [6.45, 7) is 0.747. The first-order chi connectivity index (χ1) is 15.4. The molecule has 2 aromatic heterocycles. The second-order valence-electron chi connectivity index (χ2n) is 6.97. The molecule has 0 aliphatic rings. The molecule has 32 heavy (non-hydrogen) atoms. The summed E-state index contributed by atoms with van der Waals surface area (Å²) in [5.74, 6) is 0.730. The van der Waals surface area contributed by atoms with Crippen LogP contribution in [0.1, 0.15) is 6.42 Å². The number of halogens is 1. The zero-order valence-electron chi connectivity index (χ0n) is 17.1. The smallest absolute Gasteiger partial charge is 0.229 e. The maximum Gasteiger partial charge on any atom is 0.229 e. The summed E-state index contributed by atoms with van der Waals surface area (Å²) in [7, 11) is -3.35. The van der Waals surface area contributed by atoms with Gasteiger partial charge in [0.2, 0.25) is 15.9 Å². The number of rotatable bonds is 9. The quantitative estimate of drug-likeness (QED) is 0.354. The van der Waals surface area contributed by atoms with E-state index in [9.17, 15) is 12.8 Å². The van der Waals surface area contributed by atoms with Crippen LogP contribution in [0.5, 0.6) is 11.6 Å². The standard InChI is InChI=1S/C22H20FN3O4S2/c1-32(27,28)26-17-4-2-5-18(12-17)29-10-3-11-30-21-20-19(13-31-22(20)25-14-24-21)15-6-8-16(23)9-7-15/h2,4-9,12-14,26H,3,10-11H2,1H3. The Bertz CT molecular complexity index is 1320. The number of ether oxygens (including phenoxy) is 2. The van der Waals surface area contributed by atoms with E-state index in [-0.39, 0.29) is 5.82 Å². The molecular weight excluding hydrogens is 453 g/mol. The second-order valence-corrected chi connectivity index (χ2v) is 9.57. The molecule has 0 aliphatic heterocycles. The molecule has 0 amide bonds. The van der Waals surface area contributed by atoms with E-state index in [1.807, 2.05) is 5.38 Å². The molecule has 0 bridgehead atoms. The van der Waals surface area contributed by atoms with E-state index >= 15 is 0 Å². The number of aromatic nitrogens is 2. The molecule has 7 nitrogen and oxygen atoms in total. The number of hydrogen-bond donors (Lipinski definition) is 1. The van der Waals surface area contributed by atoms with Crippen LogP contribution in [-0.2, 0) is 10.0 Å². The van der Waals surface area contributed by atoms with Gasteiger partial charge in [0, 0.05) is 23.4 Å². The summed E-state index contributed by atoms with van der Waals surface area (Å²) in [6, 6.07) is 13.0. The largest absolute Gasteiger partial charge is 0.493 e. The Kier molecular flexibility index (Phi) is 6.52. The summed E-state index contributed by atoms with van der Waals surface area (Å²) >= 11 is 1.47. The van der Waals surface area contributed by atoms with Gasteiger partial charge in [-0.2, -0.15) is 0 Å². The molecule has 0 saturated carbocycles. The number of hydrogen-bond acceptors (Lipinski definition) is 7. The number of benzene rings is 2. The molecular formula is C22H20FN3O4S2. The molecule has 0 radical (unpaired) electrons. The van der Waals surface area contributed by atoms with E-state index in [0.717, 1.165) is 27.6 Å². The fourth-order valence-corrected chi connectivity index (χ4v) is 4.54.